The van der Waals surface area contributed by atoms with E-state index in [1.165, 1.54) is 0 Å². The molecule has 0 radical (unpaired) electrons. The van der Waals surface area contributed by atoms with Crippen LogP contribution in [-0.4, -0.2) is 49.1 Å². The molecule has 0 bridgehead atoms. The third kappa shape index (κ3) is 6.39. The van der Waals surface area contributed by atoms with Gasteiger partial charge in [0.15, 0.2) is 18.1 Å². The van der Waals surface area contributed by atoms with E-state index >= 15 is 0 Å². The average molecular weight is 431 g/mol. The van der Waals surface area contributed by atoms with Gasteiger partial charge in [0.05, 0.1) is 13.0 Å². The van der Waals surface area contributed by atoms with E-state index in [0.29, 0.717) is 42.6 Å². The third-order valence-electron chi connectivity index (χ3n) is 4.99. The Balaban J connectivity index is 1.40. The quantitative estimate of drug-likeness (QED) is 0.696. The zero-order valence-electron chi connectivity index (χ0n) is 17.1. The maximum absolute atomic E-state index is 12.5. The second-order valence-corrected chi connectivity index (χ2v) is 7.63. The van der Waals surface area contributed by atoms with Gasteiger partial charge in [-0.1, -0.05) is 35.9 Å². The smallest absolute Gasteiger partial charge is 0.258 e. The molecule has 160 valence electrons. The van der Waals surface area contributed by atoms with E-state index in [2.05, 4.69) is 5.32 Å². The summed E-state index contributed by atoms with van der Waals surface area (Å²) in [6, 6.07) is 14.7. The number of likely N-dealkylation sites (tertiary alicyclic amines) is 1. The highest BCUT2D eigenvalue weighted by Crippen LogP contribution is 2.26. The molecular weight excluding hydrogens is 404 g/mol. The van der Waals surface area contributed by atoms with Crippen molar-refractivity contribution in [2.45, 2.75) is 32.2 Å². The van der Waals surface area contributed by atoms with Crippen LogP contribution in [0.4, 0.5) is 0 Å². The molecule has 0 unspecified atom stereocenters. The van der Waals surface area contributed by atoms with Gasteiger partial charge in [0.2, 0.25) is 5.91 Å². The first-order chi connectivity index (χ1) is 14.5. The predicted molar refractivity (Wildman–Crippen MR) is 116 cm³/mol. The molecule has 30 heavy (non-hydrogen) atoms. The zero-order valence-corrected chi connectivity index (χ0v) is 17.9. The molecule has 0 atom stereocenters. The monoisotopic (exact) mass is 430 g/mol. The van der Waals surface area contributed by atoms with E-state index in [0.717, 1.165) is 18.4 Å². The largest absolute Gasteiger partial charge is 0.490 e. The third-order valence-corrected chi connectivity index (χ3v) is 5.24. The van der Waals surface area contributed by atoms with Crippen LogP contribution < -0.4 is 14.8 Å². The minimum Gasteiger partial charge on any atom is -0.490 e. The van der Waals surface area contributed by atoms with Crippen LogP contribution in [0.15, 0.2) is 48.5 Å². The molecule has 1 aliphatic rings. The Hall–Kier alpha value is -2.73. The standard InChI is InChI=1S/C23H27ClN2O4/c1-2-29-20-5-3-4-6-21(20)30-16-22(27)25-19-11-13-26(14-12-19)23(28)15-17-7-9-18(24)10-8-17/h3-10,19H,2,11-16H2,1H3,(H,25,27). The fourth-order valence-corrected chi connectivity index (χ4v) is 3.54. The van der Waals surface area contributed by atoms with Crippen molar-refractivity contribution in [1.29, 1.82) is 0 Å². The van der Waals surface area contributed by atoms with Crippen molar-refractivity contribution >= 4 is 23.4 Å². The van der Waals surface area contributed by atoms with Crippen molar-refractivity contribution in [3.8, 4) is 11.5 Å². The van der Waals surface area contributed by atoms with E-state index in [1.54, 1.807) is 18.2 Å². The number of carbonyl (C=O) groups excluding carboxylic acids is 2. The minimum atomic E-state index is -0.174. The van der Waals surface area contributed by atoms with E-state index in [-0.39, 0.29) is 24.5 Å². The topological polar surface area (TPSA) is 67.9 Å². The lowest BCUT2D eigenvalue weighted by Gasteiger charge is -2.32. The SMILES string of the molecule is CCOc1ccccc1OCC(=O)NC1CCN(C(=O)Cc2ccc(Cl)cc2)CC1. The molecule has 3 rings (SSSR count). The summed E-state index contributed by atoms with van der Waals surface area (Å²) in [5, 5.41) is 3.66. The number of halogens is 1. The molecule has 1 saturated heterocycles. The number of nitrogens with zero attached hydrogens (tertiary/aromatic N) is 1. The lowest BCUT2D eigenvalue weighted by atomic mass is 10.0. The number of para-hydroxylation sites is 2. The van der Waals surface area contributed by atoms with Gasteiger partial charge in [0.25, 0.3) is 5.91 Å². The summed E-state index contributed by atoms with van der Waals surface area (Å²) >= 11 is 5.89. The first-order valence-electron chi connectivity index (χ1n) is 10.2. The van der Waals surface area contributed by atoms with E-state index in [4.69, 9.17) is 21.1 Å². The summed E-state index contributed by atoms with van der Waals surface area (Å²) in [7, 11) is 0. The van der Waals surface area contributed by atoms with E-state index in [9.17, 15) is 9.59 Å². The Morgan fingerprint density at radius 1 is 1.03 bits per heavy atom. The van der Waals surface area contributed by atoms with Crippen molar-refractivity contribution in [3.05, 3.63) is 59.1 Å². The summed E-state index contributed by atoms with van der Waals surface area (Å²) in [4.78, 5) is 26.6. The highest BCUT2D eigenvalue weighted by Gasteiger charge is 2.24. The van der Waals surface area contributed by atoms with Crippen LogP contribution in [-0.2, 0) is 16.0 Å². The second kappa shape index (κ2) is 10.9. The molecule has 2 amide bonds. The lowest BCUT2D eigenvalue weighted by Crippen LogP contribution is -2.47. The number of benzene rings is 2. The molecule has 1 N–H and O–H groups in total. The summed E-state index contributed by atoms with van der Waals surface area (Å²) in [6.45, 7) is 3.62. The Bertz CT molecular complexity index is 849. The number of rotatable bonds is 8. The lowest BCUT2D eigenvalue weighted by molar-refractivity contribution is -0.131. The van der Waals surface area contributed by atoms with Gasteiger partial charge in [-0.15, -0.1) is 0 Å². The highest BCUT2D eigenvalue weighted by atomic mass is 35.5. The Morgan fingerprint density at radius 3 is 2.30 bits per heavy atom. The van der Waals surface area contributed by atoms with Gasteiger partial charge < -0.3 is 19.7 Å². The summed E-state index contributed by atoms with van der Waals surface area (Å²) < 4.78 is 11.1. The van der Waals surface area contributed by atoms with Gasteiger partial charge in [-0.3, -0.25) is 9.59 Å². The average Bonchev–Trinajstić information content (AvgIpc) is 2.75. The Labute approximate surface area is 182 Å². The predicted octanol–water partition coefficient (Wildman–Crippen LogP) is 3.47. The minimum absolute atomic E-state index is 0.0443. The Kier molecular flexibility index (Phi) is 7.97. The van der Waals surface area contributed by atoms with Crippen molar-refractivity contribution in [2.24, 2.45) is 0 Å². The molecule has 2 aromatic carbocycles. The van der Waals surface area contributed by atoms with Crippen LogP contribution in [0.1, 0.15) is 25.3 Å². The highest BCUT2D eigenvalue weighted by molar-refractivity contribution is 6.30. The number of piperidine rings is 1. The summed E-state index contributed by atoms with van der Waals surface area (Å²) in [5.74, 6) is 1.10. The molecule has 6 nitrogen and oxygen atoms in total. The maximum atomic E-state index is 12.5. The molecule has 1 aliphatic heterocycles. The molecule has 0 aromatic heterocycles. The number of hydrogen-bond acceptors (Lipinski definition) is 4. The molecule has 7 heteroatoms. The number of hydrogen-bond donors (Lipinski definition) is 1. The van der Waals surface area contributed by atoms with E-state index < -0.39 is 0 Å². The van der Waals surface area contributed by atoms with Crippen molar-refractivity contribution in [1.82, 2.24) is 10.2 Å². The summed E-state index contributed by atoms with van der Waals surface area (Å²) in [6.07, 6.45) is 1.82. The van der Waals surface area contributed by atoms with Crippen LogP contribution in [0.2, 0.25) is 5.02 Å². The normalized spacial score (nSPS) is 14.3. The maximum Gasteiger partial charge on any atom is 0.258 e. The van der Waals surface area contributed by atoms with Crippen LogP contribution in [0, 0.1) is 0 Å². The van der Waals surface area contributed by atoms with Gasteiger partial charge in [-0.2, -0.15) is 0 Å². The molecule has 1 heterocycles. The van der Waals surface area contributed by atoms with Crippen LogP contribution >= 0.6 is 11.6 Å². The van der Waals surface area contributed by atoms with Gasteiger partial charge in [-0.25, -0.2) is 0 Å². The fraction of sp³-hybridized carbons (Fsp3) is 0.391. The number of nitrogens with one attached hydrogen (secondary N) is 1. The molecule has 0 spiro atoms. The second-order valence-electron chi connectivity index (χ2n) is 7.19. The summed E-state index contributed by atoms with van der Waals surface area (Å²) in [5.41, 5.74) is 0.948. The van der Waals surface area contributed by atoms with Gasteiger partial charge in [0, 0.05) is 24.2 Å². The fourth-order valence-electron chi connectivity index (χ4n) is 3.42. The van der Waals surface area contributed by atoms with Crippen LogP contribution in [0.5, 0.6) is 11.5 Å². The van der Waals surface area contributed by atoms with Crippen LogP contribution in [0.3, 0.4) is 0 Å². The first kappa shape index (κ1) is 22.0. The Morgan fingerprint density at radius 2 is 1.67 bits per heavy atom. The molecule has 1 fully saturated rings. The zero-order chi connectivity index (χ0) is 21.3. The van der Waals surface area contributed by atoms with Crippen molar-refractivity contribution in [3.63, 3.8) is 0 Å². The van der Waals surface area contributed by atoms with Crippen molar-refractivity contribution in [2.75, 3.05) is 26.3 Å². The molecule has 2 aromatic rings. The van der Waals surface area contributed by atoms with Gasteiger partial charge in [0.1, 0.15) is 0 Å². The molecule has 0 saturated carbocycles. The van der Waals surface area contributed by atoms with Gasteiger partial charge in [-0.05, 0) is 49.6 Å². The molecular formula is C23H27ClN2O4. The number of ether oxygens (including phenoxy) is 2. The van der Waals surface area contributed by atoms with Crippen LogP contribution in [0.25, 0.3) is 0 Å². The van der Waals surface area contributed by atoms with E-state index in [1.807, 2.05) is 42.2 Å². The molecule has 0 aliphatic carbocycles. The first-order valence-corrected chi connectivity index (χ1v) is 10.6. The number of carbonyl (C=O) groups is 2. The van der Waals surface area contributed by atoms with Gasteiger partial charge >= 0.3 is 0 Å². The van der Waals surface area contributed by atoms with Crippen molar-refractivity contribution < 1.29 is 19.1 Å². The number of amides is 2.